The zero-order valence-corrected chi connectivity index (χ0v) is 17.9. The molecule has 0 aromatic heterocycles. The zero-order valence-electron chi connectivity index (χ0n) is 16.2. The molecule has 1 saturated carbocycles. The van der Waals surface area contributed by atoms with Crippen LogP contribution in [0.4, 0.5) is 4.39 Å². The van der Waals surface area contributed by atoms with Crippen LogP contribution < -0.4 is 9.61 Å². The van der Waals surface area contributed by atoms with Gasteiger partial charge in [0.2, 0.25) is 0 Å². The van der Waals surface area contributed by atoms with Gasteiger partial charge in [-0.3, -0.25) is 9.32 Å². The van der Waals surface area contributed by atoms with E-state index in [9.17, 15) is 18.9 Å². The highest BCUT2D eigenvalue weighted by Crippen LogP contribution is 2.61. The summed E-state index contributed by atoms with van der Waals surface area (Å²) in [6, 6.07) is 7.07. The normalized spacial score (nSPS) is 33.6. The lowest BCUT2D eigenvalue weighted by atomic mass is 10.1. The number of para-hydroxylation sites is 1. The Morgan fingerprint density at radius 1 is 1.41 bits per heavy atom. The number of ether oxygens (including phenoxy) is 2. The van der Waals surface area contributed by atoms with Gasteiger partial charge in [0.15, 0.2) is 0 Å². The predicted octanol–water partition coefficient (Wildman–Crippen LogP) is 2.93. The summed E-state index contributed by atoms with van der Waals surface area (Å²) in [7, 11) is -4.18. The number of rotatable bonds is 9. The maximum Gasteiger partial charge on any atom is 0.459 e. The van der Waals surface area contributed by atoms with E-state index in [1.54, 1.807) is 32.0 Å². The maximum atomic E-state index is 14.6. The Kier molecular flexibility index (Phi) is 6.30. The van der Waals surface area contributed by atoms with Gasteiger partial charge >= 0.3 is 13.7 Å². The van der Waals surface area contributed by atoms with Crippen molar-refractivity contribution in [3.05, 3.63) is 30.3 Å². The van der Waals surface area contributed by atoms with Crippen molar-refractivity contribution in [1.29, 1.82) is 0 Å². The number of fused-ring (bicyclic) bond motifs is 1. The van der Waals surface area contributed by atoms with E-state index in [1.165, 1.54) is 19.1 Å². The van der Waals surface area contributed by atoms with Crippen molar-refractivity contribution in [2.45, 2.75) is 62.3 Å². The quantitative estimate of drug-likeness (QED) is 0.335. The Morgan fingerprint density at radius 2 is 2.07 bits per heavy atom. The number of esters is 1. The molecule has 1 aromatic rings. The van der Waals surface area contributed by atoms with Crippen molar-refractivity contribution >= 4 is 25.3 Å². The first kappa shape index (κ1) is 22.5. The van der Waals surface area contributed by atoms with E-state index >= 15 is 0 Å². The van der Waals surface area contributed by atoms with Gasteiger partial charge in [-0.25, -0.2) is 8.96 Å². The van der Waals surface area contributed by atoms with Gasteiger partial charge in [0.1, 0.15) is 22.8 Å². The summed E-state index contributed by atoms with van der Waals surface area (Å²) in [5, 5.41) is 12.5. The third kappa shape index (κ3) is 4.76. The predicted molar refractivity (Wildman–Crippen MR) is 102 cm³/mol. The summed E-state index contributed by atoms with van der Waals surface area (Å²) < 4.78 is 49.1. The topological polar surface area (TPSA) is 103 Å². The second-order valence-electron chi connectivity index (χ2n) is 7.39. The molecule has 6 atom stereocenters. The van der Waals surface area contributed by atoms with Crippen LogP contribution >= 0.6 is 19.3 Å². The molecule has 2 aliphatic rings. The van der Waals surface area contributed by atoms with E-state index in [4.69, 9.17) is 30.1 Å². The number of aliphatic hydroxyl groups is 1. The molecule has 2 N–H and O–H groups in total. The van der Waals surface area contributed by atoms with Gasteiger partial charge in [0, 0.05) is 6.42 Å². The van der Waals surface area contributed by atoms with Gasteiger partial charge in [0.05, 0.1) is 18.8 Å². The molecule has 1 aromatic carbocycles. The summed E-state index contributed by atoms with van der Waals surface area (Å²) in [6.45, 7) is 4.17. The van der Waals surface area contributed by atoms with Crippen molar-refractivity contribution in [2.75, 3.05) is 6.61 Å². The Hall–Kier alpha value is -1.22. The lowest BCUT2D eigenvalue weighted by Crippen LogP contribution is -2.46. The standard InChI is InChI=1S/C18H24ClFNO7P/c1-11(2)26-16(22)12(3)21-29(24,28-13-7-5-4-6-8-13)25-10-15-18(20,23)17(19)9-14(17)27-15/h4-8,11-12,14-15,23H,9-10H2,1-3H3,(H,21,24). The van der Waals surface area contributed by atoms with Gasteiger partial charge in [0.25, 0.3) is 5.85 Å². The molecular weight excluding hydrogens is 428 g/mol. The Balaban J connectivity index is 1.71. The minimum atomic E-state index is -4.18. The number of benzene rings is 1. The average molecular weight is 452 g/mol. The summed E-state index contributed by atoms with van der Waals surface area (Å²) in [6.07, 6.45) is -2.30. The minimum absolute atomic E-state index is 0.173. The summed E-state index contributed by atoms with van der Waals surface area (Å²) in [5.74, 6) is -3.31. The molecule has 11 heteroatoms. The molecule has 1 saturated heterocycles. The molecule has 1 heterocycles. The lowest BCUT2D eigenvalue weighted by molar-refractivity contribution is -0.165. The largest absolute Gasteiger partial charge is 0.462 e. The molecule has 0 amide bonds. The van der Waals surface area contributed by atoms with Crippen molar-refractivity contribution in [3.8, 4) is 5.75 Å². The highest BCUT2D eigenvalue weighted by atomic mass is 35.5. The van der Waals surface area contributed by atoms with Gasteiger partial charge in [-0.2, -0.15) is 5.09 Å². The smallest absolute Gasteiger partial charge is 0.459 e. The van der Waals surface area contributed by atoms with Crippen molar-refractivity contribution < 1.29 is 37.4 Å². The number of hydrogen-bond acceptors (Lipinski definition) is 7. The van der Waals surface area contributed by atoms with Gasteiger partial charge in [-0.15, -0.1) is 11.6 Å². The Bertz CT molecular complexity index is 796. The van der Waals surface area contributed by atoms with Crippen LogP contribution in [0.1, 0.15) is 27.2 Å². The third-order valence-electron chi connectivity index (χ3n) is 4.59. The van der Waals surface area contributed by atoms with E-state index in [2.05, 4.69) is 5.09 Å². The number of halogens is 2. The summed E-state index contributed by atoms with van der Waals surface area (Å²) in [4.78, 5) is 10.6. The molecule has 0 radical (unpaired) electrons. The molecular formula is C18H24ClFNO7P. The molecule has 2 fully saturated rings. The van der Waals surface area contributed by atoms with Crippen LogP contribution in [0.5, 0.6) is 5.75 Å². The highest BCUT2D eigenvalue weighted by Gasteiger charge is 2.77. The lowest BCUT2D eigenvalue weighted by Gasteiger charge is -2.28. The number of alkyl halides is 2. The molecule has 0 bridgehead atoms. The molecule has 1 aliphatic heterocycles. The fourth-order valence-electron chi connectivity index (χ4n) is 2.94. The van der Waals surface area contributed by atoms with E-state index in [1.807, 2.05) is 0 Å². The van der Waals surface area contributed by atoms with Crippen LogP contribution in [0, 0.1) is 0 Å². The monoisotopic (exact) mass is 451 g/mol. The molecule has 3 rings (SSSR count). The van der Waals surface area contributed by atoms with Crippen LogP contribution in [-0.2, 0) is 23.4 Å². The third-order valence-corrected chi connectivity index (χ3v) is 6.90. The number of nitrogens with one attached hydrogen (secondary N) is 1. The highest BCUT2D eigenvalue weighted by molar-refractivity contribution is 7.52. The van der Waals surface area contributed by atoms with Gasteiger partial charge in [-0.1, -0.05) is 18.2 Å². The van der Waals surface area contributed by atoms with Crippen LogP contribution in [-0.4, -0.2) is 52.8 Å². The molecule has 8 nitrogen and oxygen atoms in total. The maximum absolute atomic E-state index is 14.6. The van der Waals surface area contributed by atoms with Crippen LogP contribution in [0.15, 0.2) is 30.3 Å². The van der Waals surface area contributed by atoms with E-state index in [0.29, 0.717) is 0 Å². The van der Waals surface area contributed by atoms with Crippen LogP contribution in [0.3, 0.4) is 0 Å². The van der Waals surface area contributed by atoms with Crippen LogP contribution in [0.25, 0.3) is 0 Å². The molecule has 29 heavy (non-hydrogen) atoms. The minimum Gasteiger partial charge on any atom is -0.462 e. The molecule has 162 valence electrons. The second kappa shape index (κ2) is 8.13. The first-order valence-electron chi connectivity index (χ1n) is 9.20. The molecule has 1 aliphatic carbocycles. The SMILES string of the molecule is CC(C)OC(=O)C(C)NP(=O)(OCC1OC2CC2(Cl)C1(O)F)Oc1ccccc1. The second-order valence-corrected chi connectivity index (χ2v) is 9.76. The Labute approximate surface area is 173 Å². The number of hydrogen-bond donors (Lipinski definition) is 2. The van der Waals surface area contributed by atoms with Crippen molar-refractivity contribution in [2.24, 2.45) is 0 Å². The average Bonchev–Trinajstić information content (AvgIpc) is 3.25. The van der Waals surface area contributed by atoms with Gasteiger partial charge in [-0.05, 0) is 32.9 Å². The van der Waals surface area contributed by atoms with E-state index in [0.717, 1.165) is 0 Å². The van der Waals surface area contributed by atoms with Crippen molar-refractivity contribution in [3.63, 3.8) is 0 Å². The fraction of sp³-hybridized carbons (Fsp3) is 0.611. The molecule has 6 unspecified atom stereocenters. The summed E-state index contributed by atoms with van der Waals surface area (Å²) >= 11 is 6.00. The first-order valence-corrected chi connectivity index (χ1v) is 11.1. The van der Waals surface area contributed by atoms with Crippen LogP contribution in [0.2, 0.25) is 0 Å². The zero-order chi connectivity index (χ0) is 21.4. The summed E-state index contributed by atoms with van der Waals surface area (Å²) in [5.41, 5.74) is 0. The first-order chi connectivity index (χ1) is 13.5. The van der Waals surface area contributed by atoms with Gasteiger partial charge < -0.3 is 19.1 Å². The number of carbonyl (C=O) groups is 1. The fourth-order valence-corrected chi connectivity index (χ4v) is 4.75. The van der Waals surface area contributed by atoms with E-state index in [-0.39, 0.29) is 18.3 Å². The van der Waals surface area contributed by atoms with Crippen molar-refractivity contribution in [1.82, 2.24) is 5.09 Å². The Morgan fingerprint density at radius 3 is 2.62 bits per heavy atom. The number of carbonyl (C=O) groups excluding carboxylic acids is 1. The van der Waals surface area contributed by atoms with E-state index < -0.39 is 49.3 Å². The molecule has 0 spiro atoms.